The number of anilines is 2. The standard InChI is InChI=1S/C35H34N2O6S/c1-24-17-18-33(25(2)21-24)42-20-9-8-19-41-28-14-10-11-26(22-28)36-35(39)31-23-32(29-15-6-7-16-30(29)34(31)38)37-44(40)43-27-12-4-3-5-13-27/h3-7,10-18,21-23,37-38H,8-9,19-20H2,1-2H3,(H,36,39). The zero-order valence-electron chi connectivity index (χ0n) is 24.5. The molecule has 0 fully saturated rings. The van der Waals surface area contributed by atoms with Gasteiger partial charge in [-0.3, -0.25) is 9.52 Å². The van der Waals surface area contributed by atoms with Crippen molar-refractivity contribution >= 4 is 39.3 Å². The van der Waals surface area contributed by atoms with E-state index in [-0.39, 0.29) is 11.3 Å². The van der Waals surface area contributed by atoms with Crippen LogP contribution in [0.15, 0.2) is 103 Å². The van der Waals surface area contributed by atoms with Gasteiger partial charge < -0.3 is 24.1 Å². The van der Waals surface area contributed by atoms with Crippen LogP contribution in [0.25, 0.3) is 10.8 Å². The molecule has 0 saturated carbocycles. The number of rotatable bonds is 13. The molecule has 0 aliphatic carbocycles. The summed E-state index contributed by atoms with van der Waals surface area (Å²) in [5.74, 6) is 1.21. The summed E-state index contributed by atoms with van der Waals surface area (Å²) in [6.45, 7) is 5.20. The Morgan fingerprint density at radius 2 is 1.48 bits per heavy atom. The number of carbonyl (C=O) groups is 1. The van der Waals surface area contributed by atoms with Crippen LogP contribution in [0.4, 0.5) is 11.4 Å². The predicted octanol–water partition coefficient (Wildman–Crippen LogP) is 7.72. The van der Waals surface area contributed by atoms with Crippen molar-refractivity contribution < 1.29 is 27.8 Å². The van der Waals surface area contributed by atoms with Crippen LogP contribution in [0, 0.1) is 13.8 Å². The molecule has 226 valence electrons. The highest BCUT2D eigenvalue weighted by molar-refractivity contribution is 7.82. The zero-order valence-corrected chi connectivity index (χ0v) is 25.4. The summed E-state index contributed by atoms with van der Waals surface area (Å²) in [6, 6.07) is 30.4. The second kappa shape index (κ2) is 14.4. The van der Waals surface area contributed by atoms with Crippen LogP contribution < -0.4 is 23.7 Å². The summed E-state index contributed by atoms with van der Waals surface area (Å²) in [5.41, 5.74) is 3.22. The van der Waals surface area contributed by atoms with E-state index in [2.05, 4.69) is 23.0 Å². The third kappa shape index (κ3) is 7.87. The van der Waals surface area contributed by atoms with Gasteiger partial charge in [-0.2, -0.15) is 4.21 Å². The van der Waals surface area contributed by atoms with E-state index in [1.54, 1.807) is 66.7 Å². The van der Waals surface area contributed by atoms with Crippen LogP contribution >= 0.6 is 0 Å². The molecule has 5 rings (SSSR count). The lowest BCUT2D eigenvalue weighted by atomic mass is 10.0. The molecular weight excluding hydrogens is 576 g/mol. The highest BCUT2D eigenvalue weighted by Crippen LogP contribution is 2.35. The number of amides is 1. The van der Waals surface area contributed by atoms with Gasteiger partial charge in [-0.15, -0.1) is 0 Å². The Hall–Kier alpha value is -5.02. The number of hydrogen-bond acceptors (Lipinski definition) is 6. The molecule has 9 heteroatoms. The number of benzene rings is 5. The van der Waals surface area contributed by atoms with E-state index in [1.165, 1.54) is 11.6 Å². The Morgan fingerprint density at radius 1 is 0.773 bits per heavy atom. The Labute approximate surface area is 259 Å². The lowest BCUT2D eigenvalue weighted by molar-refractivity contribution is 0.102. The van der Waals surface area contributed by atoms with Crippen molar-refractivity contribution in [2.75, 3.05) is 23.3 Å². The van der Waals surface area contributed by atoms with Gasteiger partial charge in [0.2, 0.25) is 0 Å². The number of unbranched alkanes of at least 4 members (excludes halogenated alkanes) is 1. The molecule has 0 aliphatic rings. The van der Waals surface area contributed by atoms with Gasteiger partial charge in [0, 0.05) is 22.5 Å². The van der Waals surface area contributed by atoms with E-state index in [0.717, 1.165) is 24.2 Å². The van der Waals surface area contributed by atoms with Crippen molar-refractivity contribution in [2.24, 2.45) is 0 Å². The number of carbonyl (C=O) groups excluding carboxylic acids is 1. The van der Waals surface area contributed by atoms with Crippen molar-refractivity contribution in [3.8, 4) is 23.0 Å². The van der Waals surface area contributed by atoms with Crippen LogP contribution in [-0.2, 0) is 11.3 Å². The highest BCUT2D eigenvalue weighted by atomic mass is 32.2. The topological polar surface area (TPSA) is 106 Å². The average molecular weight is 611 g/mol. The maximum Gasteiger partial charge on any atom is 0.316 e. The molecule has 5 aromatic carbocycles. The summed E-state index contributed by atoms with van der Waals surface area (Å²) >= 11 is -1.95. The van der Waals surface area contributed by atoms with Gasteiger partial charge in [0.25, 0.3) is 5.91 Å². The molecule has 8 nitrogen and oxygen atoms in total. The zero-order chi connectivity index (χ0) is 30.9. The van der Waals surface area contributed by atoms with Gasteiger partial charge >= 0.3 is 11.3 Å². The number of phenols is 1. The normalized spacial score (nSPS) is 11.5. The Kier molecular flexibility index (Phi) is 9.99. The molecule has 1 atom stereocenters. The van der Waals surface area contributed by atoms with Crippen molar-refractivity contribution in [1.82, 2.24) is 0 Å². The number of nitrogens with one attached hydrogen (secondary N) is 2. The molecule has 0 heterocycles. The first kappa shape index (κ1) is 30.4. The molecule has 44 heavy (non-hydrogen) atoms. The minimum atomic E-state index is -1.95. The fourth-order valence-corrected chi connectivity index (χ4v) is 5.37. The van der Waals surface area contributed by atoms with Gasteiger partial charge in [0.05, 0.1) is 24.5 Å². The number of phenolic OH excluding ortho intramolecular Hbond substituents is 1. The maximum absolute atomic E-state index is 13.4. The molecular formula is C35H34N2O6S. The monoisotopic (exact) mass is 610 g/mol. The van der Waals surface area contributed by atoms with Crippen LogP contribution in [0.1, 0.15) is 34.3 Å². The quantitative estimate of drug-likeness (QED) is 0.0931. The lowest BCUT2D eigenvalue weighted by Gasteiger charge is -2.15. The number of aryl methyl sites for hydroxylation is 2. The fraction of sp³-hybridized carbons (Fsp3) is 0.171. The second-order valence-corrected chi connectivity index (χ2v) is 11.1. The molecule has 5 aromatic rings. The third-order valence-electron chi connectivity index (χ3n) is 6.86. The number of para-hydroxylation sites is 1. The number of ether oxygens (including phenoxy) is 2. The minimum Gasteiger partial charge on any atom is -0.506 e. The Balaban J connectivity index is 1.20. The van der Waals surface area contributed by atoms with E-state index >= 15 is 0 Å². The molecule has 3 N–H and O–H groups in total. The van der Waals surface area contributed by atoms with Gasteiger partial charge in [-0.25, -0.2) is 0 Å². The molecule has 0 aromatic heterocycles. The predicted molar refractivity (Wildman–Crippen MR) is 175 cm³/mol. The van der Waals surface area contributed by atoms with E-state index in [1.807, 2.05) is 31.2 Å². The number of hydrogen-bond donors (Lipinski definition) is 3. The average Bonchev–Trinajstić information content (AvgIpc) is 3.02. The Morgan fingerprint density at radius 3 is 2.25 bits per heavy atom. The smallest absolute Gasteiger partial charge is 0.316 e. The lowest BCUT2D eigenvalue weighted by Crippen LogP contribution is -2.15. The molecule has 0 spiro atoms. The van der Waals surface area contributed by atoms with E-state index < -0.39 is 17.2 Å². The van der Waals surface area contributed by atoms with E-state index in [9.17, 15) is 14.1 Å². The first-order valence-corrected chi connectivity index (χ1v) is 15.4. The van der Waals surface area contributed by atoms with Gasteiger partial charge in [0.1, 0.15) is 23.0 Å². The summed E-state index contributed by atoms with van der Waals surface area (Å²) in [4.78, 5) is 13.4. The molecule has 1 amide bonds. The van der Waals surface area contributed by atoms with Gasteiger partial charge in [-0.1, -0.05) is 66.2 Å². The van der Waals surface area contributed by atoms with Crippen LogP contribution in [0.5, 0.6) is 23.0 Å². The first-order valence-electron chi connectivity index (χ1n) is 14.3. The highest BCUT2D eigenvalue weighted by Gasteiger charge is 2.19. The van der Waals surface area contributed by atoms with Gasteiger partial charge in [0.15, 0.2) is 0 Å². The minimum absolute atomic E-state index is 0.0121. The van der Waals surface area contributed by atoms with E-state index in [4.69, 9.17) is 13.7 Å². The van der Waals surface area contributed by atoms with Gasteiger partial charge in [-0.05, 0) is 68.7 Å². The van der Waals surface area contributed by atoms with Crippen molar-refractivity contribution in [3.05, 3.63) is 120 Å². The van der Waals surface area contributed by atoms with Crippen molar-refractivity contribution in [1.29, 1.82) is 0 Å². The van der Waals surface area contributed by atoms with Crippen LogP contribution in [0.3, 0.4) is 0 Å². The summed E-state index contributed by atoms with van der Waals surface area (Å²) in [5, 5.41) is 14.8. The first-order chi connectivity index (χ1) is 21.4. The van der Waals surface area contributed by atoms with Crippen LogP contribution in [-0.4, -0.2) is 28.4 Å². The molecule has 0 aliphatic heterocycles. The maximum atomic E-state index is 13.4. The molecule has 1 unspecified atom stereocenters. The van der Waals surface area contributed by atoms with E-state index in [0.29, 0.717) is 46.9 Å². The summed E-state index contributed by atoms with van der Waals surface area (Å²) in [6.07, 6.45) is 1.64. The summed E-state index contributed by atoms with van der Waals surface area (Å²) < 4.78 is 32.8. The number of aromatic hydroxyl groups is 1. The second-order valence-electron chi connectivity index (χ2n) is 10.3. The summed E-state index contributed by atoms with van der Waals surface area (Å²) in [7, 11) is 0. The molecule has 0 radical (unpaired) electrons. The van der Waals surface area contributed by atoms with Crippen LogP contribution in [0.2, 0.25) is 0 Å². The Bertz CT molecular complexity index is 1780. The largest absolute Gasteiger partial charge is 0.506 e. The fourth-order valence-electron chi connectivity index (χ4n) is 4.69. The van der Waals surface area contributed by atoms with Crippen molar-refractivity contribution in [3.63, 3.8) is 0 Å². The third-order valence-corrected chi connectivity index (χ3v) is 7.59. The molecule has 0 bridgehead atoms. The SMILES string of the molecule is Cc1ccc(OCCCCOc2cccc(NC(=O)c3cc(NS(=O)Oc4ccccc4)c4ccccc4c3O)c2)c(C)c1. The van der Waals surface area contributed by atoms with Crippen molar-refractivity contribution in [2.45, 2.75) is 26.7 Å². The number of fused-ring (bicyclic) bond motifs is 1. The molecule has 0 saturated heterocycles.